The molecule has 0 bridgehead atoms. The molecule has 56 valence electrons. The molecule has 0 rings (SSSR count). The van der Waals surface area contributed by atoms with Gasteiger partial charge in [0, 0.05) is 0 Å². The smallest absolute Gasteiger partial charge is 0.119 e. The summed E-state index contributed by atoms with van der Waals surface area (Å²) in [6.07, 6.45) is 1.54. The van der Waals surface area contributed by atoms with Crippen molar-refractivity contribution in [2.75, 3.05) is 0 Å². The Bertz CT molecular complexity index is 68.1. The van der Waals surface area contributed by atoms with Crippen molar-refractivity contribution in [1.29, 1.82) is 0 Å². The monoisotopic (exact) mass is 132 g/mol. The van der Waals surface area contributed by atoms with Crippen molar-refractivity contribution in [2.24, 2.45) is 11.8 Å². The quantitative estimate of drug-likeness (QED) is 0.291. The average Bonchev–Trinajstić information content (AvgIpc) is 1.87. The molecule has 9 heavy (non-hydrogen) atoms. The molecule has 0 aliphatic heterocycles. The van der Waals surface area contributed by atoms with Gasteiger partial charge in [0.1, 0.15) is 6.23 Å². The number of hydrogen-bond donors (Lipinski definition) is 3. The molecule has 0 aliphatic rings. The zero-order valence-electron chi connectivity index (χ0n) is 6.09. The van der Waals surface area contributed by atoms with Crippen LogP contribution in [0.25, 0.3) is 0 Å². The minimum Gasteiger partial charge on any atom is -0.377 e. The molecule has 0 aromatic rings. The van der Waals surface area contributed by atoms with Gasteiger partial charge in [-0.05, 0) is 12.3 Å². The summed E-state index contributed by atoms with van der Waals surface area (Å²) < 4.78 is 0. The molecule has 0 fully saturated rings. The third kappa shape index (κ3) is 3.46. The maximum absolute atomic E-state index is 9.02. The third-order valence-electron chi connectivity index (χ3n) is 1.45. The van der Waals surface area contributed by atoms with E-state index in [4.69, 9.17) is 10.9 Å². The van der Waals surface area contributed by atoms with Gasteiger partial charge in [-0.25, -0.2) is 5.43 Å². The minimum atomic E-state index is -0.551. The molecule has 3 nitrogen and oxygen atoms in total. The standard InChI is InChI=1S/C6H16N2O/c1-3-4-5(2)6(9)8-7/h5-6,8-9H,3-4,7H2,1-2H3. The van der Waals surface area contributed by atoms with Gasteiger partial charge in [-0.2, -0.15) is 0 Å². The van der Waals surface area contributed by atoms with Gasteiger partial charge >= 0.3 is 0 Å². The van der Waals surface area contributed by atoms with Crippen LogP contribution in [0.2, 0.25) is 0 Å². The van der Waals surface area contributed by atoms with Crippen molar-refractivity contribution in [3.63, 3.8) is 0 Å². The van der Waals surface area contributed by atoms with E-state index in [1.165, 1.54) is 0 Å². The van der Waals surface area contributed by atoms with E-state index in [1.807, 2.05) is 6.92 Å². The number of aliphatic hydroxyl groups is 1. The summed E-state index contributed by atoms with van der Waals surface area (Å²) in [6.45, 7) is 4.05. The van der Waals surface area contributed by atoms with Gasteiger partial charge in [-0.3, -0.25) is 5.84 Å². The second-order valence-electron chi connectivity index (χ2n) is 2.38. The predicted octanol–water partition coefficient (Wildman–Crippen LogP) is 0.204. The second kappa shape index (κ2) is 4.73. The molecule has 4 N–H and O–H groups in total. The third-order valence-corrected chi connectivity index (χ3v) is 1.45. The first-order valence-corrected chi connectivity index (χ1v) is 3.36. The van der Waals surface area contributed by atoms with E-state index in [0.29, 0.717) is 0 Å². The van der Waals surface area contributed by atoms with Gasteiger partial charge in [-0.15, -0.1) is 0 Å². The molecule has 0 aromatic heterocycles. The fourth-order valence-corrected chi connectivity index (χ4v) is 0.777. The van der Waals surface area contributed by atoms with Crippen LogP contribution in [0.1, 0.15) is 26.7 Å². The first kappa shape index (κ1) is 8.88. The fourth-order valence-electron chi connectivity index (χ4n) is 0.777. The lowest BCUT2D eigenvalue weighted by Crippen LogP contribution is -2.39. The highest BCUT2D eigenvalue weighted by Crippen LogP contribution is 2.06. The van der Waals surface area contributed by atoms with E-state index in [1.54, 1.807) is 0 Å². The molecular weight excluding hydrogens is 116 g/mol. The van der Waals surface area contributed by atoms with Crippen LogP contribution in [0, 0.1) is 5.92 Å². The molecule has 2 unspecified atom stereocenters. The summed E-state index contributed by atoms with van der Waals surface area (Å²) in [7, 11) is 0. The molecule has 0 heterocycles. The van der Waals surface area contributed by atoms with Crippen LogP contribution in [0.15, 0.2) is 0 Å². The number of hydrazine groups is 1. The van der Waals surface area contributed by atoms with Crippen LogP contribution in [-0.2, 0) is 0 Å². The maximum Gasteiger partial charge on any atom is 0.119 e. The van der Waals surface area contributed by atoms with Gasteiger partial charge in [0.25, 0.3) is 0 Å². The fraction of sp³-hybridized carbons (Fsp3) is 1.00. The number of rotatable bonds is 4. The summed E-state index contributed by atoms with van der Waals surface area (Å²) in [4.78, 5) is 0. The molecule has 0 aliphatic carbocycles. The van der Waals surface area contributed by atoms with E-state index in [-0.39, 0.29) is 5.92 Å². The molecular formula is C6H16N2O. The summed E-state index contributed by atoms with van der Waals surface area (Å²) in [5, 5.41) is 9.02. The van der Waals surface area contributed by atoms with Gasteiger partial charge in [-0.1, -0.05) is 20.3 Å². The van der Waals surface area contributed by atoms with E-state index >= 15 is 0 Å². The molecule has 3 heteroatoms. The molecule has 0 saturated heterocycles. The lowest BCUT2D eigenvalue weighted by atomic mass is 10.1. The van der Waals surface area contributed by atoms with E-state index < -0.39 is 6.23 Å². The second-order valence-corrected chi connectivity index (χ2v) is 2.38. The topological polar surface area (TPSA) is 58.3 Å². The Kier molecular flexibility index (Phi) is 4.67. The molecule has 0 aromatic carbocycles. The molecule has 0 amide bonds. The summed E-state index contributed by atoms with van der Waals surface area (Å²) in [5.41, 5.74) is 2.31. The highest BCUT2D eigenvalue weighted by molar-refractivity contribution is 4.57. The van der Waals surface area contributed by atoms with Gasteiger partial charge < -0.3 is 5.11 Å². The van der Waals surface area contributed by atoms with Crippen LogP contribution in [0.5, 0.6) is 0 Å². The maximum atomic E-state index is 9.02. The Labute approximate surface area is 56.2 Å². The molecule has 0 radical (unpaired) electrons. The average molecular weight is 132 g/mol. The first-order chi connectivity index (χ1) is 4.22. The van der Waals surface area contributed by atoms with Crippen LogP contribution >= 0.6 is 0 Å². The van der Waals surface area contributed by atoms with Crippen LogP contribution in [0.4, 0.5) is 0 Å². The van der Waals surface area contributed by atoms with Crippen molar-refractivity contribution in [1.82, 2.24) is 5.43 Å². The highest BCUT2D eigenvalue weighted by atomic mass is 16.3. The SMILES string of the molecule is CCCC(C)C(O)NN. The number of nitrogens with one attached hydrogen (secondary N) is 1. The molecule has 0 spiro atoms. The number of hydrogen-bond acceptors (Lipinski definition) is 3. The first-order valence-electron chi connectivity index (χ1n) is 3.36. The van der Waals surface area contributed by atoms with Crippen molar-refractivity contribution < 1.29 is 5.11 Å². The van der Waals surface area contributed by atoms with Crippen molar-refractivity contribution >= 4 is 0 Å². The lowest BCUT2D eigenvalue weighted by molar-refractivity contribution is 0.0786. The Morgan fingerprint density at radius 2 is 2.22 bits per heavy atom. The van der Waals surface area contributed by atoms with E-state index in [0.717, 1.165) is 12.8 Å². The van der Waals surface area contributed by atoms with Crippen molar-refractivity contribution in [3.05, 3.63) is 0 Å². The van der Waals surface area contributed by atoms with Crippen LogP contribution < -0.4 is 11.3 Å². The summed E-state index contributed by atoms with van der Waals surface area (Å²) in [6, 6.07) is 0. The summed E-state index contributed by atoms with van der Waals surface area (Å²) >= 11 is 0. The zero-order chi connectivity index (χ0) is 7.28. The minimum absolute atomic E-state index is 0.250. The number of aliphatic hydroxyl groups excluding tert-OH is 1. The Balaban J connectivity index is 3.32. The highest BCUT2D eigenvalue weighted by Gasteiger charge is 2.09. The summed E-state index contributed by atoms with van der Waals surface area (Å²) in [5.74, 6) is 5.25. The normalized spacial score (nSPS) is 17.3. The van der Waals surface area contributed by atoms with Crippen LogP contribution in [0.3, 0.4) is 0 Å². The van der Waals surface area contributed by atoms with Gasteiger partial charge in [0.05, 0.1) is 0 Å². The Morgan fingerprint density at radius 1 is 1.67 bits per heavy atom. The van der Waals surface area contributed by atoms with Crippen molar-refractivity contribution in [2.45, 2.75) is 32.9 Å². The van der Waals surface area contributed by atoms with E-state index in [2.05, 4.69) is 12.3 Å². The van der Waals surface area contributed by atoms with Gasteiger partial charge in [0.15, 0.2) is 0 Å². The zero-order valence-corrected chi connectivity index (χ0v) is 6.09. The Morgan fingerprint density at radius 3 is 2.56 bits per heavy atom. The predicted molar refractivity (Wildman–Crippen MR) is 37.4 cm³/mol. The molecule has 2 atom stereocenters. The Hall–Kier alpha value is -0.120. The lowest BCUT2D eigenvalue weighted by Gasteiger charge is -2.15. The van der Waals surface area contributed by atoms with E-state index in [9.17, 15) is 0 Å². The molecule has 0 saturated carbocycles. The van der Waals surface area contributed by atoms with Crippen molar-refractivity contribution in [3.8, 4) is 0 Å². The number of nitrogens with two attached hydrogens (primary N) is 1. The van der Waals surface area contributed by atoms with Crippen LogP contribution in [-0.4, -0.2) is 11.3 Å². The largest absolute Gasteiger partial charge is 0.377 e. The van der Waals surface area contributed by atoms with Gasteiger partial charge in [0.2, 0.25) is 0 Å².